The molecule has 0 aromatic heterocycles. The standard InChI is InChI=1S/C22H24FNO3/c1-15-11-16(2)13-24(12-15)21(25)14-27-20-9-5-18(6-10-20)22(26)17-3-7-19(23)8-4-17/h3-10,15-16H,11-14H2,1-2H3. The van der Waals surface area contributed by atoms with Crippen molar-refractivity contribution < 1.29 is 18.7 Å². The Bertz CT molecular complexity index is 791. The summed E-state index contributed by atoms with van der Waals surface area (Å²) in [5.74, 6) is 0.979. The number of ketones is 1. The van der Waals surface area contributed by atoms with Crippen LogP contribution in [-0.4, -0.2) is 36.3 Å². The third-order valence-electron chi connectivity index (χ3n) is 4.81. The minimum Gasteiger partial charge on any atom is -0.484 e. The van der Waals surface area contributed by atoms with E-state index in [0.717, 1.165) is 19.5 Å². The number of ether oxygens (including phenoxy) is 1. The first kappa shape index (κ1) is 19.1. The Kier molecular flexibility index (Phi) is 5.89. The van der Waals surface area contributed by atoms with E-state index < -0.39 is 0 Å². The van der Waals surface area contributed by atoms with Crippen LogP contribution in [0.2, 0.25) is 0 Å². The van der Waals surface area contributed by atoms with Gasteiger partial charge in [-0.1, -0.05) is 13.8 Å². The largest absolute Gasteiger partial charge is 0.484 e. The molecule has 1 amide bonds. The van der Waals surface area contributed by atoms with E-state index in [1.165, 1.54) is 24.3 Å². The first-order valence-corrected chi connectivity index (χ1v) is 9.23. The van der Waals surface area contributed by atoms with Crippen LogP contribution in [0.5, 0.6) is 5.75 Å². The van der Waals surface area contributed by atoms with Crippen molar-refractivity contribution in [3.8, 4) is 5.75 Å². The van der Waals surface area contributed by atoms with Crippen LogP contribution >= 0.6 is 0 Å². The second-order valence-corrected chi connectivity index (χ2v) is 7.39. The highest BCUT2D eigenvalue weighted by atomic mass is 19.1. The Hall–Kier alpha value is -2.69. The average molecular weight is 369 g/mol. The van der Waals surface area contributed by atoms with Crippen LogP contribution in [0, 0.1) is 17.7 Å². The molecule has 0 radical (unpaired) electrons. The fraction of sp³-hybridized carbons (Fsp3) is 0.364. The van der Waals surface area contributed by atoms with Gasteiger partial charge in [-0.15, -0.1) is 0 Å². The predicted octanol–water partition coefficient (Wildman–Crippen LogP) is 3.94. The molecule has 1 saturated heterocycles. The summed E-state index contributed by atoms with van der Waals surface area (Å²) < 4.78 is 18.6. The molecule has 5 heteroatoms. The molecular weight excluding hydrogens is 345 g/mol. The first-order chi connectivity index (χ1) is 12.9. The molecule has 1 fully saturated rings. The number of hydrogen-bond acceptors (Lipinski definition) is 3. The van der Waals surface area contributed by atoms with Gasteiger partial charge in [-0.05, 0) is 66.8 Å². The normalized spacial score (nSPS) is 19.6. The maximum atomic E-state index is 13.0. The topological polar surface area (TPSA) is 46.6 Å². The summed E-state index contributed by atoms with van der Waals surface area (Å²) >= 11 is 0. The lowest BCUT2D eigenvalue weighted by molar-refractivity contribution is -0.136. The number of likely N-dealkylation sites (tertiary alicyclic amines) is 1. The van der Waals surface area contributed by atoms with Gasteiger partial charge in [0.15, 0.2) is 12.4 Å². The van der Waals surface area contributed by atoms with Crippen LogP contribution in [0.25, 0.3) is 0 Å². The molecule has 142 valence electrons. The minimum absolute atomic E-state index is 0.00923. The monoisotopic (exact) mass is 369 g/mol. The lowest BCUT2D eigenvalue weighted by Crippen LogP contribution is -2.44. The highest BCUT2D eigenvalue weighted by Crippen LogP contribution is 2.21. The smallest absolute Gasteiger partial charge is 0.260 e. The number of halogens is 1. The number of carbonyl (C=O) groups is 2. The van der Waals surface area contributed by atoms with Crippen molar-refractivity contribution in [2.75, 3.05) is 19.7 Å². The number of carbonyl (C=O) groups excluding carboxylic acids is 2. The highest BCUT2D eigenvalue weighted by molar-refractivity contribution is 6.09. The Morgan fingerprint density at radius 3 is 2.04 bits per heavy atom. The van der Waals surface area contributed by atoms with Gasteiger partial charge in [-0.2, -0.15) is 0 Å². The highest BCUT2D eigenvalue weighted by Gasteiger charge is 2.25. The van der Waals surface area contributed by atoms with Gasteiger partial charge in [0.1, 0.15) is 11.6 Å². The summed E-state index contributed by atoms with van der Waals surface area (Å²) in [6.07, 6.45) is 1.15. The Balaban J connectivity index is 1.57. The zero-order valence-corrected chi connectivity index (χ0v) is 15.7. The van der Waals surface area contributed by atoms with Gasteiger partial charge < -0.3 is 9.64 Å². The van der Waals surface area contributed by atoms with E-state index in [-0.39, 0.29) is 24.1 Å². The Labute approximate surface area is 158 Å². The van der Waals surface area contributed by atoms with Gasteiger partial charge in [-0.25, -0.2) is 4.39 Å². The lowest BCUT2D eigenvalue weighted by Gasteiger charge is -2.34. The summed E-state index contributed by atoms with van der Waals surface area (Å²) in [5.41, 5.74) is 0.910. The Morgan fingerprint density at radius 2 is 1.48 bits per heavy atom. The number of piperidine rings is 1. The summed E-state index contributed by atoms with van der Waals surface area (Å²) in [4.78, 5) is 26.6. The number of benzene rings is 2. The molecule has 2 atom stereocenters. The van der Waals surface area contributed by atoms with Crippen molar-refractivity contribution in [1.82, 2.24) is 4.90 Å². The zero-order valence-electron chi connectivity index (χ0n) is 15.7. The Morgan fingerprint density at radius 1 is 0.963 bits per heavy atom. The van der Waals surface area contributed by atoms with E-state index in [1.54, 1.807) is 24.3 Å². The molecule has 1 aliphatic heterocycles. The molecule has 2 aromatic rings. The maximum Gasteiger partial charge on any atom is 0.260 e. The van der Waals surface area contributed by atoms with Crippen molar-refractivity contribution in [3.05, 3.63) is 65.5 Å². The van der Waals surface area contributed by atoms with E-state index >= 15 is 0 Å². The second kappa shape index (κ2) is 8.33. The zero-order chi connectivity index (χ0) is 19.4. The van der Waals surface area contributed by atoms with Gasteiger partial charge >= 0.3 is 0 Å². The molecule has 0 spiro atoms. The molecule has 0 saturated carbocycles. The van der Waals surface area contributed by atoms with E-state index in [1.807, 2.05) is 4.90 Å². The second-order valence-electron chi connectivity index (χ2n) is 7.39. The first-order valence-electron chi connectivity index (χ1n) is 9.23. The van der Waals surface area contributed by atoms with Gasteiger partial charge in [-0.3, -0.25) is 9.59 Å². The van der Waals surface area contributed by atoms with Crippen LogP contribution in [0.1, 0.15) is 36.2 Å². The average Bonchev–Trinajstić information content (AvgIpc) is 2.66. The molecule has 0 bridgehead atoms. The van der Waals surface area contributed by atoms with Crippen molar-refractivity contribution in [3.63, 3.8) is 0 Å². The fourth-order valence-electron chi connectivity index (χ4n) is 3.57. The van der Waals surface area contributed by atoms with Gasteiger partial charge in [0.2, 0.25) is 0 Å². The van der Waals surface area contributed by atoms with E-state index in [0.29, 0.717) is 28.7 Å². The van der Waals surface area contributed by atoms with Gasteiger partial charge in [0.05, 0.1) is 0 Å². The van der Waals surface area contributed by atoms with Crippen molar-refractivity contribution in [2.24, 2.45) is 11.8 Å². The number of amides is 1. The fourth-order valence-corrected chi connectivity index (χ4v) is 3.57. The third-order valence-corrected chi connectivity index (χ3v) is 4.81. The SMILES string of the molecule is CC1CC(C)CN(C(=O)COc2ccc(C(=O)c3ccc(F)cc3)cc2)C1. The molecule has 2 unspecified atom stereocenters. The van der Waals surface area contributed by atoms with E-state index in [4.69, 9.17) is 4.74 Å². The quantitative estimate of drug-likeness (QED) is 0.750. The van der Waals surface area contributed by atoms with Crippen LogP contribution in [0.4, 0.5) is 4.39 Å². The van der Waals surface area contributed by atoms with Crippen LogP contribution in [0.15, 0.2) is 48.5 Å². The van der Waals surface area contributed by atoms with E-state index in [2.05, 4.69) is 13.8 Å². The molecule has 4 nitrogen and oxygen atoms in total. The van der Waals surface area contributed by atoms with Crippen LogP contribution in [0.3, 0.4) is 0 Å². The molecule has 1 aliphatic rings. The number of hydrogen-bond donors (Lipinski definition) is 0. The third kappa shape index (κ3) is 4.94. The van der Waals surface area contributed by atoms with E-state index in [9.17, 15) is 14.0 Å². The molecular formula is C22H24FNO3. The van der Waals surface area contributed by atoms with Crippen molar-refractivity contribution in [1.29, 1.82) is 0 Å². The molecule has 1 heterocycles. The van der Waals surface area contributed by atoms with Gasteiger partial charge in [0, 0.05) is 24.2 Å². The summed E-state index contributed by atoms with van der Waals surface area (Å²) in [6.45, 7) is 5.86. The molecule has 27 heavy (non-hydrogen) atoms. The van der Waals surface area contributed by atoms with Crippen LogP contribution in [-0.2, 0) is 4.79 Å². The summed E-state index contributed by atoms with van der Waals surface area (Å²) in [6, 6.07) is 12.1. The predicted molar refractivity (Wildman–Crippen MR) is 101 cm³/mol. The molecule has 3 rings (SSSR count). The lowest BCUT2D eigenvalue weighted by atomic mass is 9.92. The minimum atomic E-state index is -0.377. The number of nitrogens with zero attached hydrogens (tertiary/aromatic N) is 1. The summed E-state index contributed by atoms with van der Waals surface area (Å²) in [7, 11) is 0. The van der Waals surface area contributed by atoms with Crippen molar-refractivity contribution >= 4 is 11.7 Å². The van der Waals surface area contributed by atoms with Crippen molar-refractivity contribution in [2.45, 2.75) is 20.3 Å². The maximum absolute atomic E-state index is 13.0. The van der Waals surface area contributed by atoms with Gasteiger partial charge in [0.25, 0.3) is 5.91 Å². The molecule has 0 aliphatic carbocycles. The number of rotatable bonds is 5. The van der Waals surface area contributed by atoms with Crippen LogP contribution < -0.4 is 4.74 Å². The molecule has 2 aromatic carbocycles. The summed E-state index contributed by atoms with van der Waals surface area (Å²) in [5, 5.41) is 0. The molecule has 0 N–H and O–H groups in total.